The summed E-state index contributed by atoms with van der Waals surface area (Å²) in [5.41, 5.74) is 0.337. The van der Waals surface area contributed by atoms with Crippen LogP contribution in [0.15, 0.2) is 24.3 Å². The lowest BCUT2D eigenvalue weighted by atomic mass is 9.99. The predicted molar refractivity (Wildman–Crippen MR) is 87.0 cm³/mol. The van der Waals surface area contributed by atoms with Gasteiger partial charge in [-0.05, 0) is 36.6 Å². The lowest BCUT2D eigenvalue weighted by Crippen LogP contribution is -2.45. The molecule has 132 valence electrons. The number of carboxylic acid groups (broad SMARTS) is 1. The van der Waals surface area contributed by atoms with Gasteiger partial charge in [-0.25, -0.2) is 9.18 Å². The first-order valence-electron chi connectivity index (χ1n) is 7.91. The molecule has 6 nitrogen and oxygen atoms in total. The Balaban J connectivity index is 2.33. The van der Waals surface area contributed by atoms with Crippen molar-refractivity contribution in [3.05, 3.63) is 35.6 Å². The van der Waals surface area contributed by atoms with E-state index < -0.39 is 17.8 Å². The van der Waals surface area contributed by atoms with Gasteiger partial charge in [0.15, 0.2) is 0 Å². The first-order chi connectivity index (χ1) is 11.3. The van der Waals surface area contributed by atoms with E-state index in [-0.39, 0.29) is 30.7 Å². The van der Waals surface area contributed by atoms with Gasteiger partial charge in [-0.1, -0.05) is 20.3 Å². The molecule has 0 radical (unpaired) electrons. The van der Waals surface area contributed by atoms with Gasteiger partial charge >= 0.3 is 5.97 Å². The Kier molecular flexibility index (Phi) is 7.88. The van der Waals surface area contributed by atoms with Gasteiger partial charge in [0.1, 0.15) is 11.9 Å². The molecule has 0 spiro atoms. The van der Waals surface area contributed by atoms with Crippen molar-refractivity contribution in [2.45, 2.75) is 39.2 Å². The summed E-state index contributed by atoms with van der Waals surface area (Å²) >= 11 is 0. The molecule has 24 heavy (non-hydrogen) atoms. The molecule has 0 aliphatic carbocycles. The molecule has 1 aromatic carbocycles. The fraction of sp³-hybridized carbons (Fsp3) is 0.471. The molecule has 3 N–H and O–H groups in total. The highest BCUT2D eigenvalue weighted by atomic mass is 19.1. The van der Waals surface area contributed by atoms with Crippen molar-refractivity contribution in [2.24, 2.45) is 5.92 Å². The van der Waals surface area contributed by atoms with Gasteiger partial charge in [0.2, 0.25) is 5.91 Å². The Labute approximate surface area is 140 Å². The van der Waals surface area contributed by atoms with Gasteiger partial charge in [-0.15, -0.1) is 0 Å². The first kappa shape index (κ1) is 19.6. The Hall–Kier alpha value is -2.44. The monoisotopic (exact) mass is 338 g/mol. The van der Waals surface area contributed by atoms with Crippen molar-refractivity contribution in [1.82, 2.24) is 10.6 Å². The van der Waals surface area contributed by atoms with Crippen LogP contribution in [0, 0.1) is 11.7 Å². The molecule has 1 aromatic rings. The van der Waals surface area contributed by atoms with Crippen LogP contribution >= 0.6 is 0 Å². The Morgan fingerprint density at radius 2 is 1.83 bits per heavy atom. The van der Waals surface area contributed by atoms with Crippen LogP contribution in [0.4, 0.5) is 4.39 Å². The second-order valence-electron chi connectivity index (χ2n) is 5.64. The molecule has 0 bridgehead atoms. The number of carbonyl (C=O) groups excluding carboxylic acids is 2. The fourth-order valence-corrected chi connectivity index (χ4v) is 2.08. The smallest absolute Gasteiger partial charge is 0.326 e. The summed E-state index contributed by atoms with van der Waals surface area (Å²) in [5, 5.41) is 14.2. The van der Waals surface area contributed by atoms with Crippen LogP contribution in [-0.2, 0) is 9.59 Å². The van der Waals surface area contributed by atoms with Gasteiger partial charge in [0.25, 0.3) is 5.91 Å². The molecule has 0 unspecified atom stereocenters. The maximum absolute atomic E-state index is 12.8. The number of benzene rings is 1. The predicted octanol–water partition coefficient (Wildman–Crippen LogP) is 1.95. The number of hydrogen-bond acceptors (Lipinski definition) is 3. The Morgan fingerprint density at radius 1 is 1.21 bits per heavy atom. The third kappa shape index (κ3) is 6.36. The molecule has 2 amide bonds. The van der Waals surface area contributed by atoms with E-state index in [0.29, 0.717) is 18.4 Å². The van der Waals surface area contributed by atoms with E-state index in [9.17, 15) is 18.8 Å². The molecule has 2 atom stereocenters. The largest absolute Gasteiger partial charge is 0.480 e. The van der Waals surface area contributed by atoms with E-state index in [1.165, 1.54) is 24.3 Å². The average Bonchev–Trinajstić information content (AvgIpc) is 2.56. The SMILES string of the molecule is CC[C@H](C)[C@H](NC(=O)CCCNC(=O)c1ccc(F)cc1)C(=O)O. The normalized spacial score (nSPS) is 13.0. The van der Waals surface area contributed by atoms with Crippen LogP contribution in [0.25, 0.3) is 0 Å². The molecule has 0 saturated heterocycles. The van der Waals surface area contributed by atoms with Crippen molar-refractivity contribution in [2.75, 3.05) is 6.54 Å². The zero-order chi connectivity index (χ0) is 18.1. The van der Waals surface area contributed by atoms with E-state index in [4.69, 9.17) is 5.11 Å². The number of carbonyl (C=O) groups is 3. The van der Waals surface area contributed by atoms with Crippen molar-refractivity contribution < 1.29 is 23.9 Å². The van der Waals surface area contributed by atoms with Crippen LogP contribution < -0.4 is 10.6 Å². The maximum atomic E-state index is 12.8. The molecule has 1 rings (SSSR count). The second kappa shape index (κ2) is 9.64. The first-order valence-corrected chi connectivity index (χ1v) is 7.91. The van der Waals surface area contributed by atoms with Crippen molar-refractivity contribution >= 4 is 17.8 Å². The Morgan fingerprint density at radius 3 is 2.38 bits per heavy atom. The second-order valence-corrected chi connectivity index (χ2v) is 5.64. The quantitative estimate of drug-likeness (QED) is 0.600. The summed E-state index contributed by atoms with van der Waals surface area (Å²) in [6, 6.07) is 4.24. The third-order valence-electron chi connectivity index (χ3n) is 3.77. The lowest BCUT2D eigenvalue weighted by molar-refractivity contribution is -0.143. The number of carboxylic acids is 1. The Bertz CT molecular complexity index is 574. The van der Waals surface area contributed by atoms with Crippen molar-refractivity contribution in [3.63, 3.8) is 0 Å². The van der Waals surface area contributed by atoms with Gasteiger partial charge < -0.3 is 15.7 Å². The summed E-state index contributed by atoms with van der Waals surface area (Å²) in [5.74, 6) is -2.35. The number of rotatable bonds is 9. The topological polar surface area (TPSA) is 95.5 Å². The number of hydrogen-bond donors (Lipinski definition) is 3. The lowest BCUT2D eigenvalue weighted by Gasteiger charge is -2.20. The molecular weight excluding hydrogens is 315 g/mol. The highest BCUT2D eigenvalue weighted by Crippen LogP contribution is 2.08. The van der Waals surface area contributed by atoms with Gasteiger partial charge in [0.05, 0.1) is 0 Å². The van der Waals surface area contributed by atoms with E-state index >= 15 is 0 Å². The number of nitrogens with one attached hydrogen (secondary N) is 2. The molecular formula is C17H23FN2O4. The third-order valence-corrected chi connectivity index (χ3v) is 3.77. The van der Waals surface area contributed by atoms with Crippen molar-refractivity contribution in [1.29, 1.82) is 0 Å². The molecule has 7 heteroatoms. The number of aliphatic carboxylic acids is 1. The molecule has 0 fully saturated rings. The van der Waals surface area contributed by atoms with Gasteiger partial charge in [-0.2, -0.15) is 0 Å². The van der Waals surface area contributed by atoms with Crippen LogP contribution in [0.2, 0.25) is 0 Å². The number of halogens is 1. The zero-order valence-electron chi connectivity index (χ0n) is 13.8. The van der Waals surface area contributed by atoms with Crippen molar-refractivity contribution in [3.8, 4) is 0 Å². The van der Waals surface area contributed by atoms with E-state index in [0.717, 1.165) is 0 Å². The highest BCUT2D eigenvalue weighted by Gasteiger charge is 2.24. The summed E-state index contributed by atoms with van der Waals surface area (Å²) in [7, 11) is 0. The zero-order valence-corrected chi connectivity index (χ0v) is 13.8. The van der Waals surface area contributed by atoms with Crippen LogP contribution in [0.1, 0.15) is 43.5 Å². The summed E-state index contributed by atoms with van der Waals surface area (Å²) in [6.07, 6.45) is 1.14. The molecule has 0 aliphatic rings. The summed E-state index contributed by atoms with van der Waals surface area (Å²) in [6.45, 7) is 3.89. The number of amides is 2. The molecule has 0 aliphatic heterocycles. The maximum Gasteiger partial charge on any atom is 0.326 e. The minimum absolute atomic E-state index is 0.115. The van der Waals surface area contributed by atoms with Gasteiger partial charge in [0, 0.05) is 18.5 Å². The summed E-state index contributed by atoms with van der Waals surface area (Å²) in [4.78, 5) is 34.7. The standard InChI is InChI=1S/C17H23FN2O4/c1-3-11(2)15(17(23)24)20-14(21)5-4-10-19-16(22)12-6-8-13(18)9-7-12/h6-9,11,15H,3-5,10H2,1-2H3,(H,19,22)(H,20,21)(H,23,24)/t11-,15-/m0/s1. The van der Waals surface area contributed by atoms with Crippen LogP contribution in [-0.4, -0.2) is 35.5 Å². The summed E-state index contributed by atoms with van der Waals surface area (Å²) < 4.78 is 12.8. The average molecular weight is 338 g/mol. The van der Waals surface area contributed by atoms with E-state index in [2.05, 4.69) is 10.6 Å². The minimum atomic E-state index is -1.05. The van der Waals surface area contributed by atoms with Gasteiger partial charge in [-0.3, -0.25) is 9.59 Å². The van der Waals surface area contributed by atoms with Crippen LogP contribution in [0.5, 0.6) is 0 Å². The molecule has 0 saturated carbocycles. The highest BCUT2D eigenvalue weighted by molar-refractivity contribution is 5.94. The minimum Gasteiger partial charge on any atom is -0.480 e. The van der Waals surface area contributed by atoms with E-state index in [1.54, 1.807) is 6.92 Å². The van der Waals surface area contributed by atoms with E-state index in [1.807, 2.05) is 6.92 Å². The molecule has 0 aromatic heterocycles. The van der Waals surface area contributed by atoms with Crippen LogP contribution in [0.3, 0.4) is 0 Å². The molecule has 0 heterocycles. The fourth-order valence-electron chi connectivity index (χ4n) is 2.08.